The summed E-state index contributed by atoms with van der Waals surface area (Å²) >= 11 is 1.90. The van der Waals surface area contributed by atoms with Crippen LogP contribution in [0.15, 0.2) is 48.5 Å². The molecule has 3 rings (SSSR count). The molecule has 0 aliphatic heterocycles. The van der Waals surface area contributed by atoms with Crippen LogP contribution in [0.1, 0.15) is 45.1 Å². The SMILES string of the molecule is CC.CC.CCc1ccc(-c2ccc3ccc(C)cc3c2)s1. The van der Waals surface area contributed by atoms with E-state index in [4.69, 9.17) is 0 Å². The average molecular weight is 313 g/mol. The minimum absolute atomic E-state index is 1.12. The average Bonchev–Trinajstić information content (AvgIpc) is 3.07. The highest BCUT2D eigenvalue weighted by molar-refractivity contribution is 7.15. The molecule has 0 saturated carbocycles. The van der Waals surface area contributed by atoms with Crippen LogP contribution in [0.25, 0.3) is 21.2 Å². The summed E-state index contributed by atoms with van der Waals surface area (Å²) in [5.41, 5.74) is 2.65. The second-order valence-electron chi connectivity index (χ2n) is 4.68. The van der Waals surface area contributed by atoms with Gasteiger partial charge in [-0.3, -0.25) is 0 Å². The molecular formula is C21H28S. The van der Waals surface area contributed by atoms with Crippen molar-refractivity contribution in [2.24, 2.45) is 0 Å². The number of hydrogen-bond donors (Lipinski definition) is 0. The molecule has 1 aromatic heterocycles. The first kappa shape index (κ1) is 18.4. The van der Waals surface area contributed by atoms with Gasteiger partial charge in [0.2, 0.25) is 0 Å². The van der Waals surface area contributed by atoms with E-state index in [-0.39, 0.29) is 0 Å². The van der Waals surface area contributed by atoms with Crippen molar-refractivity contribution < 1.29 is 0 Å². The summed E-state index contributed by atoms with van der Waals surface area (Å²) in [4.78, 5) is 2.82. The molecule has 0 amide bonds. The molecule has 0 bridgehead atoms. The van der Waals surface area contributed by atoms with Gasteiger partial charge in [-0.05, 0) is 47.9 Å². The Morgan fingerprint density at radius 3 is 2.09 bits per heavy atom. The van der Waals surface area contributed by atoms with Gasteiger partial charge in [-0.25, -0.2) is 0 Å². The summed E-state index contributed by atoms with van der Waals surface area (Å²) < 4.78 is 0. The van der Waals surface area contributed by atoms with E-state index in [0.29, 0.717) is 0 Å². The van der Waals surface area contributed by atoms with E-state index in [1.165, 1.54) is 31.7 Å². The van der Waals surface area contributed by atoms with E-state index in [9.17, 15) is 0 Å². The third-order valence-electron chi connectivity index (χ3n) is 3.29. The zero-order chi connectivity index (χ0) is 16.5. The van der Waals surface area contributed by atoms with E-state index in [1.807, 2.05) is 39.0 Å². The third kappa shape index (κ3) is 4.45. The summed E-state index contributed by atoms with van der Waals surface area (Å²) in [5.74, 6) is 0. The second-order valence-corrected chi connectivity index (χ2v) is 5.85. The molecular weight excluding hydrogens is 284 g/mol. The topological polar surface area (TPSA) is 0 Å². The summed E-state index contributed by atoms with van der Waals surface area (Å²) in [7, 11) is 0. The van der Waals surface area contributed by atoms with Gasteiger partial charge in [0.15, 0.2) is 0 Å². The van der Waals surface area contributed by atoms with Crippen LogP contribution in [0.2, 0.25) is 0 Å². The molecule has 118 valence electrons. The molecule has 0 radical (unpaired) electrons. The quantitative estimate of drug-likeness (QED) is 0.459. The molecule has 0 fully saturated rings. The fourth-order valence-corrected chi connectivity index (χ4v) is 3.19. The monoisotopic (exact) mass is 312 g/mol. The number of rotatable bonds is 2. The molecule has 0 atom stereocenters. The van der Waals surface area contributed by atoms with Gasteiger partial charge < -0.3 is 0 Å². The van der Waals surface area contributed by atoms with Gasteiger partial charge in [-0.1, -0.05) is 70.5 Å². The summed E-state index contributed by atoms with van der Waals surface area (Å²) in [6.45, 7) is 12.4. The molecule has 0 spiro atoms. The Bertz CT molecular complexity index is 692. The molecule has 2 aromatic carbocycles. The number of thiophene rings is 1. The summed E-state index contributed by atoms with van der Waals surface area (Å²) in [6.07, 6.45) is 1.12. The number of fused-ring (bicyclic) bond motifs is 1. The molecule has 0 N–H and O–H groups in total. The number of benzene rings is 2. The molecule has 0 nitrogen and oxygen atoms in total. The van der Waals surface area contributed by atoms with Gasteiger partial charge in [-0.15, -0.1) is 11.3 Å². The van der Waals surface area contributed by atoms with Gasteiger partial charge in [0, 0.05) is 9.75 Å². The lowest BCUT2D eigenvalue weighted by Crippen LogP contribution is -1.77. The lowest BCUT2D eigenvalue weighted by Gasteiger charge is -2.03. The third-order valence-corrected chi connectivity index (χ3v) is 4.57. The van der Waals surface area contributed by atoms with Crippen molar-refractivity contribution >= 4 is 22.1 Å². The Kier molecular flexibility index (Phi) is 7.90. The molecule has 22 heavy (non-hydrogen) atoms. The number of hydrogen-bond acceptors (Lipinski definition) is 1. The maximum absolute atomic E-state index is 2.30. The van der Waals surface area contributed by atoms with Crippen molar-refractivity contribution in [1.82, 2.24) is 0 Å². The van der Waals surface area contributed by atoms with Crippen molar-refractivity contribution in [1.29, 1.82) is 0 Å². The van der Waals surface area contributed by atoms with Crippen molar-refractivity contribution in [3.8, 4) is 10.4 Å². The lowest BCUT2D eigenvalue weighted by atomic mass is 10.0. The van der Waals surface area contributed by atoms with E-state index in [1.54, 1.807) is 0 Å². The highest BCUT2D eigenvalue weighted by atomic mass is 32.1. The zero-order valence-electron chi connectivity index (χ0n) is 14.7. The van der Waals surface area contributed by atoms with Crippen molar-refractivity contribution in [2.75, 3.05) is 0 Å². The maximum atomic E-state index is 2.30. The predicted molar refractivity (Wildman–Crippen MR) is 104 cm³/mol. The second kappa shape index (κ2) is 9.42. The van der Waals surface area contributed by atoms with Crippen LogP contribution >= 0.6 is 11.3 Å². The smallest absolute Gasteiger partial charge is 0.0345 e. The van der Waals surface area contributed by atoms with E-state index >= 15 is 0 Å². The Morgan fingerprint density at radius 2 is 1.45 bits per heavy atom. The normalized spacial score (nSPS) is 9.55. The first-order valence-corrected chi connectivity index (χ1v) is 9.17. The van der Waals surface area contributed by atoms with Crippen molar-refractivity contribution in [3.05, 3.63) is 59.0 Å². The van der Waals surface area contributed by atoms with Crippen molar-refractivity contribution in [3.63, 3.8) is 0 Å². The summed E-state index contributed by atoms with van der Waals surface area (Å²) in [6, 6.07) is 17.8. The number of aryl methyl sites for hydroxylation is 2. The maximum Gasteiger partial charge on any atom is 0.0345 e. The minimum atomic E-state index is 1.12. The first-order valence-electron chi connectivity index (χ1n) is 8.36. The molecule has 0 aliphatic rings. The molecule has 0 saturated heterocycles. The molecule has 0 aliphatic carbocycles. The van der Waals surface area contributed by atoms with E-state index < -0.39 is 0 Å². The van der Waals surface area contributed by atoms with Gasteiger partial charge in [0.25, 0.3) is 0 Å². The van der Waals surface area contributed by atoms with Crippen LogP contribution in [0.3, 0.4) is 0 Å². The van der Waals surface area contributed by atoms with E-state index in [0.717, 1.165) is 6.42 Å². The Hall–Kier alpha value is -1.60. The van der Waals surface area contributed by atoms with Crippen LogP contribution in [-0.2, 0) is 6.42 Å². The van der Waals surface area contributed by atoms with Gasteiger partial charge >= 0.3 is 0 Å². The largest absolute Gasteiger partial charge is 0.140 e. The van der Waals surface area contributed by atoms with Crippen LogP contribution in [0, 0.1) is 6.92 Å². The van der Waals surface area contributed by atoms with E-state index in [2.05, 4.69) is 62.4 Å². The van der Waals surface area contributed by atoms with Crippen LogP contribution in [0.4, 0.5) is 0 Å². The highest BCUT2D eigenvalue weighted by Gasteiger charge is 2.03. The predicted octanol–water partition coefficient (Wildman–Crippen LogP) is 7.49. The molecule has 0 unspecified atom stereocenters. The fraction of sp³-hybridized carbons (Fsp3) is 0.333. The van der Waals surface area contributed by atoms with Gasteiger partial charge in [0.05, 0.1) is 0 Å². The Labute approximate surface area is 139 Å². The minimum Gasteiger partial charge on any atom is -0.140 e. The first-order chi connectivity index (χ1) is 10.8. The van der Waals surface area contributed by atoms with Gasteiger partial charge in [0.1, 0.15) is 0 Å². The standard InChI is InChI=1S/C17H16S.2C2H6/c1-3-16-8-9-17(18-16)14-7-6-13-5-4-12(2)10-15(13)11-14;2*1-2/h4-11H,3H2,1-2H3;2*1-2H3. The highest BCUT2D eigenvalue weighted by Crippen LogP contribution is 2.30. The van der Waals surface area contributed by atoms with Gasteiger partial charge in [-0.2, -0.15) is 0 Å². The van der Waals surface area contributed by atoms with Crippen LogP contribution in [0.5, 0.6) is 0 Å². The Morgan fingerprint density at radius 1 is 0.773 bits per heavy atom. The van der Waals surface area contributed by atoms with Crippen molar-refractivity contribution in [2.45, 2.75) is 48.0 Å². The van der Waals surface area contributed by atoms with Crippen LogP contribution < -0.4 is 0 Å². The Balaban J connectivity index is 0.000000561. The fourth-order valence-electron chi connectivity index (χ4n) is 2.24. The van der Waals surface area contributed by atoms with Crippen LogP contribution in [-0.4, -0.2) is 0 Å². The zero-order valence-corrected chi connectivity index (χ0v) is 15.6. The summed E-state index contributed by atoms with van der Waals surface area (Å²) in [5, 5.41) is 2.65. The molecule has 1 heteroatoms. The lowest BCUT2D eigenvalue weighted by molar-refractivity contribution is 1.19. The molecule has 1 heterocycles. The molecule has 3 aromatic rings.